The highest BCUT2D eigenvalue weighted by molar-refractivity contribution is 7.20. The van der Waals surface area contributed by atoms with Gasteiger partial charge in [0.2, 0.25) is 5.91 Å². The number of aromatic nitrogens is 2. The van der Waals surface area contributed by atoms with Crippen LogP contribution in [-0.2, 0) is 17.5 Å². The van der Waals surface area contributed by atoms with Gasteiger partial charge in [-0.3, -0.25) is 19.0 Å². The third-order valence-electron chi connectivity index (χ3n) is 5.09. The number of rotatable bonds is 5. The van der Waals surface area contributed by atoms with Gasteiger partial charge in [0.1, 0.15) is 23.0 Å². The minimum Gasteiger partial charge on any atom is -0.325 e. The number of hydrogen-bond donors (Lipinski definition) is 2. The fourth-order valence-corrected chi connectivity index (χ4v) is 4.42. The molecule has 0 unspecified atom stereocenters. The van der Waals surface area contributed by atoms with E-state index in [9.17, 15) is 36.3 Å². The summed E-state index contributed by atoms with van der Waals surface area (Å²) in [5.74, 6) is -3.30. The SMILES string of the molecule is Cc1c(C(=O)Nc2ccc(F)cc2F)sc2ncn(CC(=O)Nc3cccc(C(F)(F)F)c3)c(=O)c12. The molecule has 0 bridgehead atoms. The van der Waals surface area contributed by atoms with E-state index in [0.717, 1.165) is 52.6 Å². The molecule has 0 spiro atoms. The molecule has 7 nitrogen and oxygen atoms in total. The molecular weight excluding hydrogens is 507 g/mol. The quantitative estimate of drug-likeness (QED) is 0.363. The van der Waals surface area contributed by atoms with Crippen molar-refractivity contribution < 1.29 is 31.5 Å². The molecule has 0 aliphatic carbocycles. The Hall–Kier alpha value is -4.13. The maximum atomic E-state index is 13.9. The van der Waals surface area contributed by atoms with Crippen LogP contribution in [0, 0.1) is 18.6 Å². The number of carbonyl (C=O) groups is 2. The number of fused-ring (bicyclic) bond motifs is 1. The smallest absolute Gasteiger partial charge is 0.325 e. The maximum Gasteiger partial charge on any atom is 0.416 e. The summed E-state index contributed by atoms with van der Waals surface area (Å²) in [6.07, 6.45) is -3.51. The van der Waals surface area contributed by atoms with Crippen LogP contribution in [0.2, 0.25) is 0 Å². The van der Waals surface area contributed by atoms with Crippen molar-refractivity contribution in [3.63, 3.8) is 0 Å². The Morgan fingerprint density at radius 2 is 1.83 bits per heavy atom. The first-order chi connectivity index (χ1) is 16.9. The van der Waals surface area contributed by atoms with Crippen LogP contribution in [0.1, 0.15) is 20.8 Å². The Kier molecular flexibility index (Phi) is 6.59. The molecule has 0 radical (unpaired) electrons. The van der Waals surface area contributed by atoms with E-state index in [0.29, 0.717) is 6.07 Å². The van der Waals surface area contributed by atoms with Crippen molar-refractivity contribution in [2.75, 3.05) is 10.6 Å². The number of nitrogens with zero attached hydrogens (tertiary/aromatic N) is 2. The molecule has 0 aliphatic rings. The lowest BCUT2D eigenvalue weighted by Gasteiger charge is -2.10. The van der Waals surface area contributed by atoms with E-state index in [1.54, 1.807) is 0 Å². The fourth-order valence-electron chi connectivity index (χ4n) is 3.39. The summed E-state index contributed by atoms with van der Waals surface area (Å²) in [6, 6.07) is 6.67. The summed E-state index contributed by atoms with van der Waals surface area (Å²) in [5.41, 5.74) is -1.72. The number of carbonyl (C=O) groups excluding carboxylic acids is 2. The predicted octanol–water partition coefficient (Wildman–Crippen LogP) is 4.95. The maximum absolute atomic E-state index is 13.9. The summed E-state index contributed by atoms with van der Waals surface area (Å²) in [5, 5.41) is 4.67. The zero-order valence-corrected chi connectivity index (χ0v) is 19.1. The van der Waals surface area contributed by atoms with E-state index in [1.807, 2.05) is 0 Å². The van der Waals surface area contributed by atoms with Crippen molar-refractivity contribution in [2.24, 2.45) is 0 Å². The van der Waals surface area contributed by atoms with Gasteiger partial charge < -0.3 is 10.6 Å². The van der Waals surface area contributed by atoms with Crippen LogP contribution in [0.4, 0.5) is 33.3 Å². The molecule has 0 saturated heterocycles. The van der Waals surface area contributed by atoms with Gasteiger partial charge in [-0.25, -0.2) is 13.8 Å². The largest absolute Gasteiger partial charge is 0.416 e. The van der Waals surface area contributed by atoms with E-state index in [2.05, 4.69) is 15.6 Å². The van der Waals surface area contributed by atoms with Gasteiger partial charge in [0.05, 0.1) is 27.8 Å². The first kappa shape index (κ1) is 25.0. The van der Waals surface area contributed by atoms with E-state index >= 15 is 0 Å². The number of hydrogen-bond acceptors (Lipinski definition) is 5. The fraction of sp³-hybridized carbons (Fsp3) is 0.130. The lowest BCUT2D eigenvalue weighted by atomic mass is 10.2. The van der Waals surface area contributed by atoms with Gasteiger partial charge in [-0.2, -0.15) is 13.2 Å². The molecule has 2 aromatic carbocycles. The van der Waals surface area contributed by atoms with Crippen molar-refractivity contribution in [1.82, 2.24) is 9.55 Å². The Bertz CT molecular complexity index is 1560. The van der Waals surface area contributed by atoms with Crippen molar-refractivity contribution in [2.45, 2.75) is 19.6 Å². The van der Waals surface area contributed by atoms with E-state index in [4.69, 9.17) is 0 Å². The van der Waals surface area contributed by atoms with Gasteiger partial charge >= 0.3 is 6.18 Å². The number of anilines is 2. The lowest BCUT2D eigenvalue weighted by Crippen LogP contribution is -2.28. The third-order valence-corrected chi connectivity index (χ3v) is 6.29. The van der Waals surface area contributed by atoms with E-state index in [1.165, 1.54) is 13.0 Å². The van der Waals surface area contributed by atoms with Crippen molar-refractivity contribution >= 4 is 44.7 Å². The molecule has 0 atom stereocenters. The number of benzene rings is 2. The average Bonchev–Trinajstić information content (AvgIpc) is 3.14. The molecule has 4 aromatic rings. The van der Waals surface area contributed by atoms with Crippen LogP contribution >= 0.6 is 11.3 Å². The zero-order chi connectivity index (χ0) is 26.2. The van der Waals surface area contributed by atoms with Crippen molar-refractivity contribution in [1.29, 1.82) is 0 Å². The van der Waals surface area contributed by atoms with Crippen LogP contribution < -0.4 is 16.2 Å². The van der Waals surface area contributed by atoms with Crippen LogP contribution in [-0.4, -0.2) is 21.4 Å². The average molecular weight is 522 g/mol. The standard InChI is InChI=1S/C23H15F5N4O3S/c1-11-18-21(36-19(11)20(34)31-16-6-5-13(24)8-15(16)25)29-10-32(22(18)35)9-17(33)30-14-4-2-3-12(7-14)23(26,27)28/h2-8,10H,9H2,1H3,(H,30,33)(H,31,34). The Morgan fingerprint density at radius 3 is 2.53 bits per heavy atom. The number of halogens is 5. The predicted molar refractivity (Wildman–Crippen MR) is 123 cm³/mol. The molecule has 36 heavy (non-hydrogen) atoms. The van der Waals surface area contributed by atoms with Gasteiger partial charge in [0, 0.05) is 11.8 Å². The van der Waals surface area contributed by atoms with Crippen LogP contribution in [0.15, 0.2) is 53.6 Å². The Labute approximate surface area is 203 Å². The van der Waals surface area contributed by atoms with Crippen LogP contribution in [0.3, 0.4) is 0 Å². The number of thiophene rings is 1. The highest BCUT2D eigenvalue weighted by Gasteiger charge is 2.30. The number of alkyl halides is 3. The number of nitrogens with one attached hydrogen (secondary N) is 2. The first-order valence-electron chi connectivity index (χ1n) is 10.2. The third kappa shape index (κ3) is 5.10. The highest BCUT2D eigenvalue weighted by atomic mass is 32.1. The van der Waals surface area contributed by atoms with Gasteiger partial charge in [-0.05, 0) is 42.8 Å². The summed E-state index contributed by atoms with van der Waals surface area (Å²) in [4.78, 5) is 42.4. The molecular formula is C23H15F5N4O3S. The molecule has 2 amide bonds. The molecule has 4 rings (SSSR count). The summed E-state index contributed by atoms with van der Waals surface area (Å²) >= 11 is 0.868. The molecule has 186 valence electrons. The minimum atomic E-state index is -4.59. The van der Waals surface area contributed by atoms with Gasteiger partial charge in [-0.1, -0.05) is 6.07 Å². The van der Waals surface area contributed by atoms with Gasteiger partial charge in [0.15, 0.2) is 0 Å². The molecule has 2 heterocycles. The normalized spacial score (nSPS) is 11.5. The topological polar surface area (TPSA) is 93.1 Å². The molecule has 2 N–H and O–H groups in total. The zero-order valence-electron chi connectivity index (χ0n) is 18.2. The second-order valence-electron chi connectivity index (χ2n) is 7.62. The number of aryl methyl sites for hydroxylation is 1. The first-order valence-corrected chi connectivity index (χ1v) is 11.0. The van der Waals surface area contributed by atoms with Crippen LogP contribution in [0.25, 0.3) is 10.2 Å². The highest BCUT2D eigenvalue weighted by Crippen LogP contribution is 2.31. The van der Waals surface area contributed by atoms with Crippen molar-refractivity contribution in [3.05, 3.63) is 86.8 Å². The molecule has 0 saturated carbocycles. The Morgan fingerprint density at radius 1 is 1.08 bits per heavy atom. The second kappa shape index (κ2) is 9.49. The van der Waals surface area contributed by atoms with Gasteiger partial charge in [0.25, 0.3) is 11.5 Å². The molecule has 0 aliphatic heterocycles. The number of amides is 2. The van der Waals surface area contributed by atoms with E-state index < -0.39 is 47.3 Å². The summed E-state index contributed by atoms with van der Waals surface area (Å²) in [6.45, 7) is 0.931. The molecule has 13 heteroatoms. The van der Waals surface area contributed by atoms with Gasteiger partial charge in [-0.15, -0.1) is 11.3 Å². The summed E-state index contributed by atoms with van der Waals surface area (Å²) < 4.78 is 66.6. The molecule has 0 fully saturated rings. The lowest BCUT2D eigenvalue weighted by molar-refractivity contribution is -0.137. The minimum absolute atomic E-state index is 0.0547. The second-order valence-corrected chi connectivity index (χ2v) is 8.62. The monoisotopic (exact) mass is 522 g/mol. The van der Waals surface area contributed by atoms with Crippen LogP contribution in [0.5, 0.6) is 0 Å². The van der Waals surface area contributed by atoms with E-state index in [-0.39, 0.29) is 32.0 Å². The Balaban J connectivity index is 1.56. The van der Waals surface area contributed by atoms with Crippen molar-refractivity contribution in [3.8, 4) is 0 Å². The molecule has 2 aromatic heterocycles. The summed E-state index contributed by atoms with van der Waals surface area (Å²) in [7, 11) is 0.